The molecule has 5 aromatic carbocycles. The minimum atomic E-state index is -0.639. The number of ether oxygens (including phenoxy) is 2. The van der Waals surface area contributed by atoms with E-state index in [0.29, 0.717) is 25.0 Å². The Bertz CT molecular complexity index is 2130. The minimum absolute atomic E-state index is 0.0169. The molecule has 1 amide bonds. The predicted molar refractivity (Wildman–Crippen MR) is 205 cm³/mol. The monoisotopic (exact) mass is 708 g/mol. The molecule has 53 heavy (non-hydrogen) atoms. The molecule has 0 spiro atoms. The fourth-order valence-electron chi connectivity index (χ4n) is 6.72. The van der Waals surface area contributed by atoms with Gasteiger partial charge in [-0.05, 0) is 65.6 Å². The summed E-state index contributed by atoms with van der Waals surface area (Å²) < 4.78 is 13.2. The highest BCUT2D eigenvalue weighted by Crippen LogP contribution is 2.39. The molecule has 1 fully saturated rings. The van der Waals surface area contributed by atoms with Crippen molar-refractivity contribution in [1.29, 1.82) is 0 Å². The molecule has 1 aliphatic rings. The maximum absolute atomic E-state index is 12.9. The number of nitrogens with zero attached hydrogens (tertiary/aromatic N) is 3. The number of amides is 1. The molecule has 0 unspecified atom stereocenters. The molecule has 1 aliphatic heterocycles. The summed E-state index contributed by atoms with van der Waals surface area (Å²) in [4.78, 5) is 23.8. The number of aliphatic hydroxyl groups excluding tert-OH is 2. The van der Waals surface area contributed by atoms with E-state index in [1.54, 1.807) is 0 Å². The van der Waals surface area contributed by atoms with Crippen LogP contribution in [0.25, 0.3) is 22.2 Å². The Morgan fingerprint density at radius 2 is 1.55 bits per heavy atom. The van der Waals surface area contributed by atoms with E-state index in [2.05, 4.69) is 38.4 Å². The number of hydrogen-bond acceptors (Lipinski definition) is 8. The molecule has 7 rings (SSSR count). The van der Waals surface area contributed by atoms with E-state index >= 15 is 0 Å². The second-order valence-corrected chi connectivity index (χ2v) is 13.6. The number of aromatic nitrogens is 2. The summed E-state index contributed by atoms with van der Waals surface area (Å²) in [6, 6.07) is 41.2. The summed E-state index contributed by atoms with van der Waals surface area (Å²) in [5.41, 5.74) is 8.35. The maximum Gasteiger partial charge on any atom is 0.271 e. The van der Waals surface area contributed by atoms with Crippen LogP contribution in [0.1, 0.15) is 70.1 Å². The first-order valence-corrected chi connectivity index (χ1v) is 18.0. The van der Waals surface area contributed by atoms with E-state index < -0.39 is 12.4 Å². The quantitative estimate of drug-likeness (QED) is 0.121. The zero-order valence-electron chi connectivity index (χ0n) is 29.9. The van der Waals surface area contributed by atoms with E-state index in [1.807, 2.05) is 123 Å². The lowest BCUT2D eigenvalue weighted by Gasteiger charge is -2.39. The third-order valence-corrected chi connectivity index (χ3v) is 9.98. The van der Waals surface area contributed by atoms with Crippen LogP contribution in [-0.4, -0.2) is 56.7 Å². The third kappa shape index (κ3) is 8.68. The van der Waals surface area contributed by atoms with Crippen molar-refractivity contribution < 1.29 is 24.5 Å². The smallest absolute Gasteiger partial charge is 0.271 e. The average molecular weight is 709 g/mol. The van der Waals surface area contributed by atoms with Gasteiger partial charge in [-0.1, -0.05) is 109 Å². The first-order valence-electron chi connectivity index (χ1n) is 18.0. The Morgan fingerprint density at radius 1 is 0.830 bits per heavy atom. The van der Waals surface area contributed by atoms with Gasteiger partial charge in [-0.25, -0.2) is 4.98 Å². The van der Waals surface area contributed by atoms with Gasteiger partial charge in [0.1, 0.15) is 5.69 Å². The molecule has 9 heteroatoms. The van der Waals surface area contributed by atoms with Gasteiger partial charge in [-0.2, -0.15) is 0 Å². The van der Waals surface area contributed by atoms with Gasteiger partial charge in [0.05, 0.1) is 42.1 Å². The number of hydrogen-bond donors (Lipinski definition) is 3. The summed E-state index contributed by atoms with van der Waals surface area (Å²) in [6.45, 7) is 2.96. The predicted octanol–water partition coefficient (Wildman–Crippen LogP) is 7.32. The van der Waals surface area contributed by atoms with Crippen LogP contribution in [-0.2, 0) is 22.6 Å². The minimum Gasteiger partial charge on any atom is -0.392 e. The van der Waals surface area contributed by atoms with E-state index in [0.717, 1.165) is 44.5 Å². The van der Waals surface area contributed by atoms with Crippen LogP contribution in [0.3, 0.4) is 0 Å². The van der Waals surface area contributed by atoms with Gasteiger partial charge < -0.3 is 25.0 Å². The summed E-state index contributed by atoms with van der Waals surface area (Å²) in [6.07, 6.45) is 0.512. The highest BCUT2D eigenvalue weighted by atomic mass is 16.7. The number of para-hydroxylation sites is 2. The average Bonchev–Trinajstić information content (AvgIpc) is 3.22. The molecule has 2 heterocycles. The van der Waals surface area contributed by atoms with Crippen LogP contribution in [0, 0.1) is 0 Å². The maximum atomic E-state index is 12.9. The normalized spacial score (nSPS) is 18.5. The fourth-order valence-corrected chi connectivity index (χ4v) is 6.72. The van der Waals surface area contributed by atoms with Crippen molar-refractivity contribution >= 4 is 16.9 Å². The zero-order chi connectivity index (χ0) is 36.7. The highest BCUT2D eigenvalue weighted by Gasteiger charge is 2.34. The number of likely N-dealkylation sites (N-methyl/N-ethyl adjacent to an activating group) is 1. The van der Waals surface area contributed by atoms with Crippen molar-refractivity contribution in [2.24, 2.45) is 0 Å². The topological polar surface area (TPSA) is 117 Å². The second kappa shape index (κ2) is 16.6. The van der Waals surface area contributed by atoms with Gasteiger partial charge in [-0.15, -0.1) is 0 Å². The number of carbonyl (C=O) groups is 1. The summed E-state index contributed by atoms with van der Waals surface area (Å²) in [5.74, 6) is -0.278. The van der Waals surface area contributed by atoms with Crippen LogP contribution >= 0.6 is 0 Å². The molecular formula is C44H44N4O5. The van der Waals surface area contributed by atoms with Crippen molar-refractivity contribution in [1.82, 2.24) is 20.2 Å². The summed E-state index contributed by atoms with van der Waals surface area (Å²) in [5, 5.41) is 23.7. The Morgan fingerprint density at radius 3 is 2.30 bits per heavy atom. The summed E-state index contributed by atoms with van der Waals surface area (Å²) >= 11 is 0. The van der Waals surface area contributed by atoms with Gasteiger partial charge in [0.15, 0.2) is 6.29 Å². The molecule has 0 aliphatic carbocycles. The first kappa shape index (κ1) is 36.1. The number of fused-ring (bicyclic) bond motifs is 1. The Hall–Kier alpha value is -5.29. The Balaban J connectivity index is 1.04. The molecule has 0 radical (unpaired) electrons. The van der Waals surface area contributed by atoms with Crippen LogP contribution in [0.15, 0.2) is 134 Å². The van der Waals surface area contributed by atoms with Gasteiger partial charge in [0.25, 0.3) is 5.91 Å². The lowest BCUT2D eigenvalue weighted by Crippen LogP contribution is -2.43. The van der Waals surface area contributed by atoms with Crippen LogP contribution < -0.4 is 5.32 Å². The summed E-state index contributed by atoms with van der Waals surface area (Å²) in [7, 11) is 2.02. The molecule has 1 saturated heterocycles. The molecule has 0 bridgehead atoms. The first-order chi connectivity index (χ1) is 25.8. The molecule has 1 aromatic heterocycles. The standard InChI is InChI=1S/C44H44N4O5/c1-29(42(50)34-10-4-3-5-11-34)48(2)27-37-24-41(33-17-15-30(28-49)16-18-33)53-44(52-37)35-21-19-32(20-22-35)36-12-8-9-31(23-36)25-46-43(51)40-26-45-38-13-6-7-14-39(38)47-40/h3-23,26,29,37,41-42,44,49-50H,24-25,27-28H2,1-2H3,(H,46,51)/t29-,37-,41+,42-,44+/m0/s1. The number of carbonyl (C=O) groups excluding carboxylic acids is 1. The SMILES string of the molecule is C[C@@H]([C@H](O)c1ccccc1)N(C)C[C@@H]1C[C@H](c2ccc(CO)cc2)O[C@H](c2ccc(-c3cccc(CNC(=O)c4cnc5ccccc5n4)c3)cc2)O1. The van der Waals surface area contributed by atoms with E-state index in [4.69, 9.17) is 9.47 Å². The lowest BCUT2D eigenvalue weighted by atomic mass is 9.98. The molecule has 9 nitrogen and oxygen atoms in total. The Kier molecular flexibility index (Phi) is 11.3. The van der Waals surface area contributed by atoms with Crippen LogP contribution in [0.5, 0.6) is 0 Å². The van der Waals surface area contributed by atoms with E-state index in [1.165, 1.54) is 6.20 Å². The second-order valence-electron chi connectivity index (χ2n) is 13.6. The van der Waals surface area contributed by atoms with Crippen LogP contribution in [0.4, 0.5) is 0 Å². The van der Waals surface area contributed by atoms with E-state index in [9.17, 15) is 15.0 Å². The number of nitrogens with one attached hydrogen (secondary N) is 1. The lowest BCUT2D eigenvalue weighted by molar-refractivity contribution is -0.253. The molecule has 270 valence electrons. The van der Waals surface area contributed by atoms with Gasteiger partial charge in [0.2, 0.25) is 0 Å². The zero-order valence-corrected chi connectivity index (χ0v) is 29.9. The molecule has 6 aromatic rings. The highest BCUT2D eigenvalue weighted by molar-refractivity contribution is 5.93. The van der Waals surface area contributed by atoms with Gasteiger partial charge in [-0.3, -0.25) is 14.7 Å². The number of benzene rings is 5. The van der Waals surface area contributed by atoms with Crippen molar-refractivity contribution in [3.8, 4) is 11.1 Å². The molecule has 0 saturated carbocycles. The number of aliphatic hydroxyl groups is 2. The number of rotatable bonds is 12. The van der Waals surface area contributed by atoms with Gasteiger partial charge in [0, 0.05) is 31.1 Å². The van der Waals surface area contributed by atoms with Crippen molar-refractivity contribution in [2.75, 3.05) is 13.6 Å². The van der Waals surface area contributed by atoms with Gasteiger partial charge >= 0.3 is 0 Å². The van der Waals surface area contributed by atoms with Crippen molar-refractivity contribution in [2.45, 2.75) is 57.1 Å². The molecule has 3 N–H and O–H groups in total. The fraction of sp³-hybridized carbons (Fsp3) is 0.250. The van der Waals surface area contributed by atoms with Crippen molar-refractivity contribution in [3.63, 3.8) is 0 Å². The van der Waals surface area contributed by atoms with E-state index in [-0.39, 0.29) is 36.5 Å². The Labute approximate surface area is 309 Å². The van der Waals surface area contributed by atoms with Crippen LogP contribution in [0.2, 0.25) is 0 Å². The molecular weight excluding hydrogens is 665 g/mol. The third-order valence-electron chi connectivity index (χ3n) is 9.98. The largest absolute Gasteiger partial charge is 0.392 e. The molecule has 5 atom stereocenters. The van der Waals surface area contributed by atoms with Crippen molar-refractivity contribution in [3.05, 3.63) is 167 Å².